The van der Waals surface area contributed by atoms with E-state index in [-0.39, 0.29) is 6.10 Å². The molecule has 1 aromatic carbocycles. The Hall–Kier alpha value is -3.64. The Morgan fingerprint density at radius 3 is 2.83 bits per heavy atom. The maximum atomic E-state index is 10.1. The minimum Gasteiger partial charge on any atom is -0.473 e. The van der Waals surface area contributed by atoms with Crippen LogP contribution in [0.1, 0.15) is 79.9 Å². The lowest BCUT2D eigenvalue weighted by Crippen LogP contribution is -2.38. The van der Waals surface area contributed by atoms with Gasteiger partial charge in [-0.05, 0) is 101 Å². The molecule has 3 unspecified atom stereocenters. The number of rotatable bonds is 7. The molecule has 1 aliphatic heterocycles. The molecule has 1 saturated heterocycles. The number of nitriles is 1. The summed E-state index contributed by atoms with van der Waals surface area (Å²) in [4.78, 5) is 14.5. The highest BCUT2D eigenvalue weighted by Gasteiger charge is 2.49. The van der Waals surface area contributed by atoms with Crippen LogP contribution in [0.4, 0.5) is 11.5 Å². The molecular formula is C32H39N7O2. The molecule has 2 N–H and O–H groups in total. The quantitative estimate of drug-likeness (QED) is 0.409. The lowest BCUT2D eigenvalue weighted by atomic mass is 9.68. The summed E-state index contributed by atoms with van der Waals surface area (Å²) >= 11 is 0. The Balaban J connectivity index is 1.29. The van der Waals surface area contributed by atoms with Crippen molar-refractivity contribution in [3.63, 3.8) is 0 Å². The normalized spacial score (nSPS) is 24.2. The molecule has 2 fully saturated rings. The van der Waals surface area contributed by atoms with Gasteiger partial charge in [0.1, 0.15) is 18.0 Å². The van der Waals surface area contributed by atoms with Crippen LogP contribution in [0.25, 0.3) is 11.5 Å². The second kappa shape index (κ2) is 10.0. The largest absolute Gasteiger partial charge is 0.473 e. The molecule has 3 aromatic rings. The van der Waals surface area contributed by atoms with E-state index in [9.17, 15) is 5.26 Å². The molecular weight excluding hydrogens is 514 g/mol. The van der Waals surface area contributed by atoms with Gasteiger partial charge in [-0.15, -0.1) is 0 Å². The highest BCUT2D eigenvalue weighted by Crippen LogP contribution is 2.54. The van der Waals surface area contributed by atoms with E-state index in [0.29, 0.717) is 34.7 Å². The Labute approximate surface area is 241 Å². The average Bonchev–Trinajstić information content (AvgIpc) is 3.33. The zero-order valence-corrected chi connectivity index (χ0v) is 24.3. The van der Waals surface area contributed by atoms with Gasteiger partial charge in [0, 0.05) is 37.0 Å². The number of hydrogen-bond acceptors (Lipinski definition) is 9. The van der Waals surface area contributed by atoms with E-state index >= 15 is 0 Å². The Morgan fingerprint density at radius 1 is 1.22 bits per heavy atom. The number of hydrogen-bond donors (Lipinski definition) is 1. The molecule has 214 valence electrons. The van der Waals surface area contributed by atoms with Crippen LogP contribution in [0.3, 0.4) is 0 Å². The lowest BCUT2D eigenvalue weighted by molar-refractivity contribution is 0.117. The van der Waals surface area contributed by atoms with E-state index in [2.05, 4.69) is 48.1 Å². The van der Waals surface area contributed by atoms with Gasteiger partial charge in [0.15, 0.2) is 17.3 Å². The van der Waals surface area contributed by atoms with Crippen molar-refractivity contribution in [3.05, 3.63) is 46.2 Å². The van der Waals surface area contributed by atoms with Crippen molar-refractivity contribution >= 4 is 11.5 Å². The van der Waals surface area contributed by atoms with Gasteiger partial charge in [0.2, 0.25) is 5.88 Å². The van der Waals surface area contributed by atoms with Crippen molar-refractivity contribution in [3.8, 4) is 23.5 Å². The molecule has 3 atom stereocenters. The van der Waals surface area contributed by atoms with Crippen molar-refractivity contribution in [2.45, 2.75) is 82.3 Å². The average molecular weight is 554 g/mol. The summed E-state index contributed by atoms with van der Waals surface area (Å²) in [5, 5.41) is 14.7. The zero-order chi connectivity index (χ0) is 28.3. The van der Waals surface area contributed by atoms with Crippen LogP contribution in [0.5, 0.6) is 5.88 Å². The fourth-order valence-corrected chi connectivity index (χ4v) is 7.61. The maximum Gasteiger partial charge on any atom is 0.219 e. The minimum absolute atomic E-state index is 0.00573. The first-order chi connectivity index (χ1) is 19.9. The standard InChI is InChI=1S/C32H39N7O2/c1-19(25-7-5-15-38(25)2)40-27-16-26(39(3)18-20-8-9-20)35-31(36-27)29-22-6-4-13-32(30(22)41-37-29)14-12-21-10-11-24(34)23(17-33)28(21)32/h10-11,16,19-20,25H,4-9,12-15,18,34H2,1-3H3. The van der Waals surface area contributed by atoms with Crippen molar-refractivity contribution < 1.29 is 9.26 Å². The molecule has 3 heterocycles. The molecule has 7 rings (SSSR count). The van der Waals surface area contributed by atoms with Crippen molar-refractivity contribution in [2.75, 3.05) is 37.8 Å². The molecule has 0 bridgehead atoms. The van der Waals surface area contributed by atoms with Gasteiger partial charge in [-0.2, -0.15) is 10.2 Å². The summed E-state index contributed by atoms with van der Waals surface area (Å²) in [7, 11) is 4.26. The number of nitrogens with zero attached hydrogens (tertiary/aromatic N) is 6. The minimum atomic E-state index is -0.393. The summed E-state index contributed by atoms with van der Waals surface area (Å²) in [5.74, 6) is 3.53. The summed E-state index contributed by atoms with van der Waals surface area (Å²) in [6, 6.07) is 8.66. The number of likely N-dealkylation sites (tertiary alicyclic amines) is 1. The van der Waals surface area contributed by atoms with Crippen LogP contribution in [0.15, 0.2) is 22.7 Å². The number of aryl methyl sites for hydroxylation is 1. The summed E-state index contributed by atoms with van der Waals surface area (Å²) in [5.41, 5.74) is 11.0. The zero-order valence-electron chi connectivity index (χ0n) is 24.3. The first kappa shape index (κ1) is 26.3. The van der Waals surface area contributed by atoms with Crippen molar-refractivity contribution in [2.24, 2.45) is 5.92 Å². The van der Waals surface area contributed by atoms with E-state index in [0.717, 1.165) is 80.2 Å². The fourth-order valence-electron chi connectivity index (χ4n) is 7.61. The third-order valence-corrected chi connectivity index (χ3v) is 9.93. The topological polar surface area (TPSA) is 117 Å². The van der Waals surface area contributed by atoms with E-state index < -0.39 is 5.41 Å². The van der Waals surface area contributed by atoms with Gasteiger partial charge < -0.3 is 19.9 Å². The lowest BCUT2D eigenvalue weighted by Gasteiger charge is -2.33. The number of aromatic nitrogens is 3. The molecule has 41 heavy (non-hydrogen) atoms. The van der Waals surface area contributed by atoms with Crippen LogP contribution < -0.4 is 15.4 Å². The number of nitrogens with two attached hydrogens (primary N) is 1. The highest BCUT2D eigenvalue weighted by atomic mass is 16.5. The summed E-state index contributed by atoms with van der Waals surface area (Å²) in [6.07, 6.45) is 9.34. The van der Waals surface area contributed by atoms with E-state index in [1.54, 1.807) is 0 Å². The number of benzene rings is 1. The number of likely N-dealkylation sites (N-methyl/N-ethyl adjacent to an activating group) is 1. The van der Waals surface area contributed by atoms with Gasteiger partial charge >= 0.3 is 0 Å². The van der Waals surface area contributed by atoms with Gasteiger partial charge in [-0.1, -0.05) is 11.2 Å². The molecule has 9 heteroatoms. The van der Waals surface area contributed by atoms with Crippen molar-refractivity contribution in [1.82, 2.24) is 20.0 Å². The second-order valence-corrected chi connectivity index (χ2v) is 12.7. The number of anilines is 2. The molecule has 1 saturated carbocycles. The summed E-state index contributed by atoms with van der Waals surface area (Å²) in [6.45, 7) is 4.20. The maximum absolute atomic E-state index is 10.1. The SMILES string of the molecule is CC(Oc1cc(N(C)CC2CC2)nc(-c2noc3c2CCCC32CCc3ccc(N)c(C#N)c32)n1)C1CCCN1C. The van der Waals surface area contributed by atoms with E-state index in [4.69, 9.17) is 25.0 Å². The Bertz CT molecular complexity index is 1520. The smallest absolute Gasteiger partial charge is 0.219 e. The second-order valence-electron chi connectivity index (χ2n) is 12.7. The van der Waals surface area contributed by atoms with Crippen LogP contribution in [-0.2, 0) is 18.3 Å². The molecule has 0 amide bonds. The third kappa shape index (κ3) is 4.44. The number of fused-ring (bicyclic) bond motifs is 4. The Kier molecular flexibility index (Phi) is 6.42. The molecule has 0 radical (unpaired) electrons. The van der Waals surface area contributed by atoms with Crippen LogP contribution in [0, 0.1) is 17.2 Å². The molecule has 3 aliphatic carbocycles. The van der Waals surface area contributed by atoms with Gasteiger partial charge in [0.05, 0.1) is 11.0 Å². The molecule has 9 nitrogen and oxygen atoms in total. The van der Waals surface area contributed by atoms with Crippen LogP contribution >= 0.6 is 0 Å². The van der Waals surface area contributed by atoms with E-state index in [1.807, 2.05) is 12.1 Å². The summed E-state index contributed by atoms with van der Waals surface area (Å²) < 4.78 is 12.7. The van der Waals surface area contributed by atoms with Crippen molar-refractivity contribution in [1.29, 1.82) is 5.26 Å². The molecule has 1 spiro atoms. The van der Waals surface area contributed by atoms with Gasteiger partial charge in [-0.3, -0.25) is 4.90 Å². The third-order valence-electron chi connectivity index (χ3n) is 9.93. The molecule has 4 aliphatic rings. The number of nitrogen functional groups attached to an aromatic ring is 1. The highest BCUT2D eigenvalue weighted by molar-refractivity contribution is 5.68. The predicted molar refractivity (Wildman–Crippen MR) is 157 cm³/mol. The van der Waals surface area contributed by atoms with E-state index in [1.165, 1.54) is 24.8 Å². The number of ether oxygens (including phenoxy) is 1. The first-order valence-corrected chi connectivity index (χ1v) is 15.2. The first-order valence-electron chi connectivity index (χ1n) is 15.2. The van der Waals surface area contributed by atoms with Crippen LogP contribution in [0.2, 0.25) is 0 Å². The fraction of sp³-hybridized carbons (Fsp3) is 0.562. The van der Waals surface area contributed by atoms with Crippen LogP contribution in [-0.4, -0.2) is 59.4 Å². The van der Waals surface area contributed by atoms with Gasteiger partial charge in [-0.25, -0.2) is 4.98 Å². The van der Waals surface area contributed by atoms with Gasteiger partial charge in [0.25, 0.3) is 0 Å². The molecule has 2 aromatic heterocycles. The monoisotopic (exact) mass is 553 g/mol. The predicted octanol–water partition coefficient (Wildman–Crippen LogP) is 4.86. The Morgan fingerprint density at radius 2 is 2.07 bits per heavy atom.